The van der Waals surface area contributed by atoms with Crippen LogP contribution in [-0.2, 0) is 7.05 Å². The van der Waals surface area contributed by atoms with Crippen molar-refractivity contribution in [3.63, 3.8) is 0 Å². The monoisotopic (exact) mass is 181 g/mol. The summed E-state index contributed by atoms with van der Waals surface area (Å²) in [6, 6.07) is 2.19. The van der Waals surface area contributed by atoms with Gasteiger partial charge in [-0.05, 0) is 6.92 Å². The van der Waals surface area contributed by atoms with Gasteiger partial charge in [0.15, 0.2) is 0 Å². The second-order valence-corrected chi connectivity index (χ2v) is 3.78. The van der Waals surface area contributed by atoms with E-state index >= 15 is 0 Å². The Morgan fingerprint density at radius 1 is 1.83 bits per heavy atom. The number of aryl methyl sites for hydroxylation is 1. The summed E-state index contributed by atoms with van der Waals surface area (Å²) in [5.41, 5.74) is 0. The van der Waals surface area contributed by atoms with Crippen LogP contribution in [0.25, 0.3) is 0 Å². The molecule has 0 saturated heterocycles. The Morgan fingerprint density at radius 3 is 3.08 bits per heavy atom. The zero-order valence-electron chi connectivity index (χ0n) is 7.19. The van der Waals surface area contributed by atoms with E-state index in [-0.39, 0.29) is 5.92 Å². The van der Waals surface area contributed by atoms with Gasteiger partial charge in [0.25, 0.3) is 0 Å². The van der Waals surface area contributed by atoms with Crippen LogP contribution in [0.3, 0.4) is 0 Å². The van der Waals surface area contributed by atoms with Crippen molar-refractivity contribution >= 4 is 11.8 Å². The van der Waals surface area contributed by atoms with Crippen LogP contribution in [0.2, 0.25) is 0 Å². The summed E-state index contributed by atoms with van der Waals surface area (Å²) in [4.78, 5) is 1.12. The van der Waals surface area contributed by atoms with Crippen molar-refractivity contribution in [3.8, 4) is 6.07 Å². The van der Waals surface area contributed by atoms with Gasteiger partial charge in [-0.15, -0.1) is 11.8 Å². The first-order valence-corrected chi connectivity index (χ1v) is 4.72. The van der Waals surface area contributed by atoms with E-state index in [4.69, 9.17) is 5.26 Å². The molecule has 1 aromatic heterocycles. The molecule has 3 nitrogen and oxygen atoms in total. The molecule has 0 aliphatic rings. The highest BCUT2D eigenvalue weighted by Crippen LogP contribution is 2.18. The van der Waals surface area contributed by atoms with Gasteiger partial charge < -0.3 is 0 Å². The molecule has 0 bridgehead atoms. The fourth-order valence-corrected chi connectivity index (χ4v) is 1.60. The molecule has 0 radical (unpaired) electrons. The summed E-state index contributed by atoms with van der Waals surface area (Å²) in [6.45, 7) is 1.92. The number of nitriles is 1. The molecule has 12 heavy (non-hydrogen) atoms. The minimum Gasteiger partial charge on any atom is -0.275 e. The lowest BCUT2D eigenvalue weighted by molar-refractivity contribution is 0.766. The maximum atomic E-state index is 8.53. The van der Waals surface area contributed by atoms with Crippen LogP contribution in [-0.4, -0.2) is 15.5 Å². The summed E-state index contributed by atoms with van der Waals surface area (Å²) < 4.78 is 1.76. The van der Waals surface area contributed by atoms with Gasteiger partial charge >= 0.3 is 0 Å². The molecule has 1 atom stereocenters. The van der Waals surface area contributed by atoms with Gasteiger partial charge in [0.05, 0.1) is 18.2 Å². The largest absolute Gasteiger partial charge is 0.275 e. The first kappa shape index (κ1) is 9.14. The maximum absolute atomic E-state index is 8.53. The SMILES string of the molecule is CC(C#N)CSc1cnn(C)c1. The van der Waals surface area contributed by atoms with Crippen molar-refractivity contribution in [3.05, 3.63) is 12.4 Å². The standard InChI is InChI=1S/C8H11N3S/c1-7(3-9)6-12-8-4-10-11(2)5-8/h4-5,7H,6H2,1-2H3. The van der Waals surface area contributed by atoms with Crippen molar-refractivity contribution in [1.82, 2.24) is 9.78 Å². The molecule has 0 aliphatic carbocycles. The first-order chi connectivity index (χ1) is 5.72. The molecule has 0 N–H and O–H groups in total. The van der Waals surface area contributed by atoms with E-state index in [2.05, 4.69) is 11.2 Å². The number of aromatic nitrogens is 2. The number of thioether (sulfide) groups is 1. The van der Waals surface area contributed by atoms with Gasteiger partial charge in [-0.3, -0.25) is 4.68 Å². The van der Waals surface area contributed by atoms with Crippen LogP contribution in [0.1, 0.15) is 6.92 Å². The van der Waals surface area contributed by atoms with E-state index in [1.165, 1.54) is 0 Å². The molecule has 0 saturated carbocycles. The van der Waals surface area contributed by atoms with Gasteiger partial charge in [0.2, 0.25) is 0 Å². The Bertz CT molecular complexity index is 287. The van der Waals surface area contributed by atoms with E-state index in [1.54, 1.807) is 16.4 Å². The number of rotatable bonds is 3. The second-order valence-electron chi connectivity index (χ2n) is 2.69. The van der Waals surface area contributed by atoms with Gasteiger partial charge in [-0.25, -0.2) is 0 Å². The molecule has 0 spiro atoms. The predicted molar refractivity (Wildman–Crippen MR) is 48.7 cm³/mol. The second kappa shape index (κ2) is 4.17. The Kier molecular flexibility index (Phi) is 3.18. The van der Waals surface area contributed by atoms with Crippen LogP contribution in [0.5, 0.6) is 0 Å². The lowest BCUT2D eigenvalue weighted by Crippen LogP contribution is -1.92. The van der Waals surface area contributed by atoms with Crippen molar-refractivity contribution < 1.29 is 0 Å². The van der Waals surface area contributed by atoms with E-state index in [0.29, 0.717) is 0 Å². The highest BCUT2D eigenvalue weighted by atomic mass is 32.2. The highest BCUT2D eigenvalue weighted by molar-refractivity contribution is 7.99. The van der Waals surface area contributed by atoms with E-state index in [0.717, 1.165) is 10.6 Å². The summed E-state index contributed by atoms with van der Waals surface area (Å²) in [7, 11) is 1.89. The molecular formula is C8H11N3S. The van der Waals surface area contributed by atoms with Crippen molar-refractivity contribution in [1.29, 1.82) is 5.26 Å². The molecular weight excluding hydrogens is 170 g/mol. The zero-order valence-corrected chi connectivity index (χ0v) is 8.01. The van der Waals surface area contributed by atoms with Gasteiger partial charge in [-0.2, -0.15) is 10.4 Å². The molecule has 0 aliphatic heterocycles. The minimum atomic E-state index is 0.107. The normalized spacial score (nSPS) is 12.4. The molecule has 64 valence electrons. The highest BCUT2D eigenvalue weighted by Gasteiger charge is 2.01. The quantitative estimate of drug-likeness (QED) is 0.666. The third-order valence-corrected chi connectivity index (χ3v) is 2.61. The molecule has 1 unspecified atom stereocenters. The van der Waals surface area contributed by atoms with Gasteiger partial charge in [0, 0.05) is 23.9 Å². The lowest BCUT2D eigenvalue weighted by atomic mass is 10.3. The molecule has 0 aromatic carbocycles. The van der Waals surface area contributed by atoms with Crippen molar-refractivity contribution in [2.75, 3.05) is 5.75 Å². The third kappa shape index (κ3) is 2.59. The van der Waals surface area contributed by atoms with Crippen LogP contribution in [0.15, 0.2) is 17.3 Å². The summed E-state index contributed by atoms with van der Waals surface area (Å²) in [6.07, 6.45) is 3.77. The van der Waals surface area contributed by atoms with E-state index in [1.807, 2.05) is 26.4 Å². The average molecular weight is 181 g/mol. The number of hydrogen-bond acceptors (Lipinski definition) is 3. The smallest absolute Gasteiger partial charge is 0.0661 e. The fraction of sp³-hybridized carbons (Fsp3) is 0.500. The van der Waals surface area contributed by atoms with Crippen molar-refractivity contribution in [2.45, 2.75) is 11.8 Å². The average Bonchev–Trinajstić information content (AvgIpc) is 2.47. The molecule has 1 aromatic rings. The van der Waals surface area contributed by atoms with E-state index < -0.39 is 0 Å². The Balaban J connectivity index is 2.39. The molecule has 1 heterocycles. The lowest BCUT2D eigenvalue weighted by Gasteiger charge is -1.97. The number of hydrogen-bond donors (Lipinski definition) is 0. The van der Waals surface area contributed by atoms with Gasteiger partial charge in [0.1, 0.15) is 0 Å². The summed E-state index contributed by atoms with van der Waals surface area (Å²) >= 11 is 1.67. The molecule has 0 fully saturated rings. The van der Waals surface area contributed by atoms with Gasteiger partial charge in [-0.1, -0.05) is 0 Å². The first-order valence-electron chi connectivity index (χ1n) is 3.73. The maximum Gasteiger partial charge on any atom is 0.0661 e. The van der Waals surface area contributed by atoms with Crippen molar-refractivity contribution in [2.24, 2.45) is 13.0 Å². The van der Waals surface area contributed by atoms with Crippen LogP contribution < -0.4 is 0 Å². The molecule has 1 rings (SSSR count). The van der Waals surface area contributed by atoms with Crippen LogP contribution in [0.4, 0.5) is 0 Å². The molecule has 0 amide bonds. The van der Waals surface area contributed by atoms with Crippen LogP contribution >= 0.6 is 11.8 Å². The Hall–Kier alpha value is -0.950. The third-order valence-electron chi connectivity index (χ3n) is 1.40. The predicted octanol–water partition coefficient (Wildman–Crippen LogP) is 1.67. The zero-order chi connectivity index (χ0) is 8.97. The minimum absolute atomic E-state index is 0.107. The van der Waals surface area contributed by atoms with Crippen LogP contribution in [0, 0.1) is 17.2 Å². The Labute approximate surface area is 76.4 Å². The van der Waals surface area contributed by atoms with E-state index in [9.17, 15) is 0 Å². The summed E-state index contributed by atoms with van der Waals surface area (Å²) in [5.74, 6) is 0.942. The number of nitrogens with zero attached hydrogens (tertiary/aromatic N) is 3. The topological polar surface area (TPSA) is 41.6 Å². The Morgan fingerprint density at radius 2 is 2.58 bits per heavy atom. The fourth-order valence-electron chi connectivity index (χ4n) is 0.732. The summed E-state index contributed by atoms with van der Waals surface area (Å²) in [5, 5.41) is 12.6. The molecule has 4 heteroatoms.